The van der Waals surface area contributed by atoms with Crippen molar-refractivity contribution in [3.8, 4) is 5.75 Å². The van der Waals surface area contributed by atoms with E-state index in [0.29, 0.717) is 0 Å². The highest BCUT2D eigenvalue weighted by Crippen LogP contribution is 2.32. The molecule has 0 aliphatic heterocycles. The van der Waals surface area contributed by atoms with Crippen molar-refractivity contribution in [3.63, 3.8) is 0 Å². The monoisotopic (exact) mass is 319 g/mol. The van der Waals surface area contributed by atoms with Gasteiger partial charge in [-0.05, 0) is 42.2 Å². The number of rotatable bonds is 5. The van der Waals surface area contributed by atoms with Crippen LogP contribution in [0.3, 0.4) is 0 Å². The Balaban J connectivity index is 1.69. The van der Waals surface area contributed by atoms with Gasteiger partial charge >= 0.3 is 6.61 Å². The first-order valence-electron chi connectivity index (χ1n) is 7.61. The minimum atomic E-state index is -2.83. The van der Waals surface area contributed by atoms with Gasteiger partial charge in [-0.15, -0.1) is 0 Å². The molecule has 0 aromatic heterocycles. The van der Waals surface area contributed by atoms with Gasteiger partial charge in [0.1, 0.15) is 5.75 Å². The first-order chi connectivity index (χ1) is 11.0. The van der Waals surface area contributed by atoms with E-state index in [4.69, 9.17) is 0 Å². The van der Waals surface area contributed by atoms with E-state index in [9.17, 15) is 13.9 Å². The smallest absolute Gasteiger partial charge is 0.387 e. The van der Waals surface area contributed by atoms with E-state index in [1.54, 1.807) is 12.1 Å². The van der Waals surface area contributed by atoms with E-state index < -0.39 is 12.7 Å². The molecule has 3 rings (SSSR count). The molecule has 0 saturated carbocycles. The van der Waals surface area contributed by atoms with Crippen molar-refractivity contribution in [2.75, 3.05) is 0 Å². The summed E-state index contributed by atoms with van der Waals surface area (Å²) >= 11 is 0. The number of hydrogen-bond donors (Lipinski definition) is 2. The minimum absolute atomic E-state index is 0.0924. The molecule has 1 aliphatic rings. The van der Waals surface area contributed by atoms with Crippen molar-refractivity contribution in [2.45, 2.75) is 38.1 Å². The number of halogens is 2. The highest BCUT2D eigenvalue weighted by molar-refractivity contribution is 5.36. The molecule has 3 atom stereocenters. The fourth-order valence-corrected chi connectivity index (χ4v) is 3.10. The first kappa shape index (κ1) is 15.9. The molecule has 0 saturated heterocycles. The number of nitrogens with one attached hydrogen (secondary N) is 1. The van der Waals surface area contributed by atoms with Gasteiger partial charge in [-0.1, -0.05) is 36.4 Å². The Morgan fingerprint density at radius 3 is 2.70 bits per heavy atom. The van der Waals surface area contributed by atoms with Gasteiger partial charge in [-0.25, -0.2) is 0 Å². The summed E-state index contributed by atoms with van der Waals surface area (Å²) in [5, 5.41) is 13.8. The molecule has 1 aliphatic carbocycles. The average molecular weight is 319 g/mol. The Morgan fingerprint density at radius 2 is 1.96 bits per heavy atom. The summed E-state index contributed by atoms with van der Waals surface area (Å²) in [5.41, 5.74) is 2.93. The second kappa shape index (κ2) is 6.64. The molecule has 0 heterocycles. The fourth-order valence-electron chi connectivity index (χ4n) is 3.10. The van der Waals surface area contributed by atoms with Gasteiger partial charge in [-0.2, -0.15) is 8.78 Å². The molecule has 2 aromatic carbocycles. The lowest BCUT2D eigenvalue weighted by Gasteiger charge is -2.23. The van der Waals surface area contributed by atoms with Crippen LogP contribution in [0.2, 0.25) is 0 Å². The van der Waals surface area contributed by atoms with E-state index >= 15 is 0 Å². The molecular weight excluding hydrogens is 300 g/mol. The SMILES string of the molecule is CC(NC1Cc2ccccc2C1O)c1cccc(OC(F)F)c1. The van der Waals surface area contributed by atoms with Crippen molar-refractivity contribution in [1.82, 2.24) is 5.32 Å². The number of benzene rings is 2. The van der Waals surface area contributed by atoms with Crippen LogP contribution in [-0.2, 0) is 6.42 Å². The van der Waals surface area contributed by atoms with Gasteiger partial charge < -0.3 is 15.2 Å². The van der Waals surface area contributed by atoms with Crippen LogP contribution in [-0.4, -0.2) is 17.8 Å². The van der Waals surface area contributed by atoms with Crippen LogP contribution in [0.5, 0.6) is 5.75 Å². The Kier molecular flexibility index (Phi) is 4.59. The summed E-state index contributed by atoms with van der Waals surface area (Å²) in [5.74, 6) is 0.140. The van der Waals surface area contributed by atoms with E-state index in [-0.39, 0.29) is 17.8 Å². The number of alkyl halides is 2. The maximum absolute atomic E-state index is 12.3. The second-order valence-electron chi connectivity index (χ2n) is 5.79. The molecule has 2 aromatic rings. The lowest BCUT2D eigenvalue weighted by molar-refractivity contribution is -0.0499. The molecule has 23 heavy (non-hydrogen) atoms. The van der Waals surface area contributed by atoms with Crippen LogP contribution < -0.4 is 10.1 Å². The summed E-state index contributed by atoms with van der Waals surface area (Å²) < 4.78 is 29.1. The van der Waals surface area contributed by atoms with Crippen LogP contribution >= 0.6 is 0 Å². The molecule has 0 amide bonds. The molecule has 3 unspecified atom stereocenters. The highest BCUT2D eigenvalue weighted by atomic mass is 19.3. The standard InChI is InChI=1S/C18H19F2NO2/c1-11(12-6-4-7-14(9-12)23-18(19)20)21-16-10-13-5-2-3-8-15(13)17(16)22/h2-9,11,16-18,21-22H,10H2,1H3. The molecular formula is C18H19F2NO2. The van der Waals surface area contributed by atoms with Crippen molar-refractivity contribution in [2.24, 2.45) is 0 Å². The van der Waals surface area contributed by atoms with Gasteiger partial charge in [0.2, 0.25) is 0 Å². The average Bonchev–Trinajstić information content (AvgIpc) is 2.83. The Morgan fingerprint density at radius 1 is 1.17 bits per heavy atom. The zero-order valence-corrected chi connectivity index (χ0v) is 12.7. The summed E-state index contributed by atoms with van der Waals surface area (Å²) in [6.07, 6.45) is 0.184. The third kappa shape index (κ3) is 3.51. The first-order valence-corrected chi connectivity index (χ1v) is 7.61. The number of aliphatic hydroxyl groups is 1. The molecule has 2 N–H and O–H groups in total. The predicted molar refractivity (Wildman–Crippen MR) is 83.5 cm³/mol. The molecule has 0 fully saturated rings. The second-order valence-corrected chi connectivity index (χ2v) is 5.79. The van der Waals surface area contributed by atoms with Crippen LogP contribution in [0.25, 0.3) is 0 Å². The third-order valence-electron chi connectivity index (χ3n) is 4.24. The quantitative estimate of drug-likeness (QED) is 0.885. The number of hydrogen-bond acceptors (Lipinski definition) is 3. The van der Waals surface area contributed by atoms with Crippen molar-refractivity contribution >= 4 is 0 Å². The summed E-state index contributed by atoms with van der Waals surface area (Å²) in [6.45, 7) is -0.892. The van der Waals surface area contributed by atoms with Gasteiger partial charge in [-0.3, -0.25) is 0 Å². The van der Waals surface area contributed by atoms with Crippen LogP contribution in [0.1, 0.15) is 35.8 Å². The van der Waals surface area contributed by atoms with E-state index in [1.807, 2.05) is 37.3 Å². The molecule has 0 bridgehead atoms. The normalized spacial score (nSPS) is 21.3. The lowest BCUT2D eigenvalue weighted by Crippen LogP contribution is -2.34. The number of aliphatic hydroxyl groups excluding tert-OH is 1. The maximum atomic E-state index is 12.3. The largest absolute Gasteiger partial charge is 0.435 e. The highest BCUT2D eigenvalue weighted by Gasteiger charge is 2.31. The molecule has 5 heteroatoms. The number of fused-ring (bicyclic) bond motifs is 1. The maximum Gasteiger partial charge on any atom is 0.387 e. The molecule has 122 valence electrons. The van der Waals surface area contributed by atoms with Gasteiger partial charge in [0.25, 0.3) is 0 Å². The minimum Gasteiger partial charge on any atom is -0.435 e. The van der Waals surface area contributed by atoms with Gasteiger partial charge in [0, 0.05) is 12.1 Å². The summed E-state index contributed by atoms with van der Waals surface area (Å²) in [7, 11) is 0. The summed E-state index contributed by atoms with van der Waals surface area (Å²) in [6, 6.07) is 14.3. The van der Waals surface area contributed by atoms with Gasteiger partial charge in [0.15, 0.2) is 0 Å². The van der Waals surface area contributed by atoms with E-state index in [0.717, 1.165) is 23.1 Å². The van der Waals surface area contributed by atoms with Gasteiger partial charge in [0.05, 0.1) is 6.10 Å². The zero-order valence-electron chi connectivity index (χ0n) is 12.7. The van der Waals surface area contributed by atoms with Crippen LogP contribution in [0, 0.1) is 0 Å². The number of ether oxygens (including phenoxy) is 1. The molecule has 0 radical (unpaired) electrons. The molecule has 0 spiro atoms. The Labute approximate surface area is 133 Å². The van der Waals surface area contributed by atoms with E-state index in [1.165, 1.54) is 6.07 Å². The Bertz CT molecular complexity index is 678. The molecule has 3 nitrogen and oxygen atoms in total. The van der Waals surface area contributed by atoms with Crippen molar-refractivity contribution in [3.05, 3.63) is 65.2 Å². The predicted octanol–water partition coefficient (Wildman–Crippen LogP) is 3.60. The van der Waals surface area contributed by atoms with Crippen molar-refractivity contribution in [1.29, 1.82) is 0 Å². The third-order valence-corrected chi connectivity index (χ3v) is 4.24. The van der Waals surface area contributed by atoms with Crippen LogP contribution in [0.15, 0.2) is 48.5 Å². The summed E-state index contributed by atoms with van der Waals surface area (Å²) in [4.78, 5) is 0. The van der Waals surface area contributed by atoms with Crippen LogP contribution in [0.4, 0.5) is 8.78 Å². The van der Waals surface area contributed by atoms with Crippen molar-refractivity contribution < 1.29 is 18.6 Å². The fraction of sp³-hybridized carbons (Fsp3) is 0.333. The van der Waals surface area contributed by atoms with E-state index in [2.05, 4.69) is 10.1 Å². The zero-order chi connectivity index (χ0) is 16.4. The topological polar surface area (TPSA) is 41.5 Å². The lowest BCUT2D eigenvalue weighted by atomic mass is 10.1. The Hall–Kier alpha value is -1.98.